The number of nitrogens with two attached hydrogens (primary N) is 1. The number of nitrogen functional groups attached to an aromatic ring is 1. The number of fused-ring (bicyclic) bond motifs is 3. The molecule has 192 valence electrons. The van der Waals surface area contributed by atoms with Crippen LogP contribution in [0.15, 0.2) is 18.3 Å². The smallest absolute Gasteiger partial charge is 0.223 e. The first-order valence-corrected chi connectivity index (χ1v) is 13.0. The molecular weight excluding hydrogens is 491 g/mol. The van der Waals surface area contributed by atoms with E-state index >= 15 is 0 Å². The van der Waals surface area contributed by atoms with E-state index in [1.807, 2.05) is 11.8 Å². The van der Waals surface area contributed by atoms with E-state index in [-0.39, 0.29) is 48.6 Å². The van der Waals surface area contributed by atoms with Gasteiger partial charge in [0.25, 0.3) is 0 Å². The number of aryl methyl sites for hydroxylation is 1. The molecule has 4 aromatic rings. The lowest BCUT2D eigenvalue weighted by Crippen LogP contribution is -2.43. The molecule has 3 aromatic heterocycles. The van der Waals surface area contributed by atoms with Gasteiger partial charge in [0.1, 0.15) is 5.25 Å². The molecule has 1 unspecified atom stereocenters. The van der Waals surface area contributed by atoms with Gasteiger partial charge in [0.05, 0.1) is 41.9 Å². The molecule has 1 fully saturated rings. The Bertz CT molecular complexity index is 1590. The van der Waals surface area contributed by atoms with Gasteiger partial charge in [-0.3, -0.25) is 4.68 Å². The van der Waals surface area contributed by atoms with Crippen molar-refractivity contribution in [2.75, 3.05) is 36.6 Å². The van der Waals surface area contributed by atoms with Crippen LogP contribution in [0.2, 0.25) is 0 Å². The molecular formula is C22H27FN8O4S. The van der Waals surface area contributed by atoms with Crippen molar-refractivity contribution in [3.05, 3.63) is 35.7 Å². The quantitative estimate of drug-likeness (QED) is 0.395. The molecule has 1 saturated heterocycles. The van der Waals surface area contributed by atoms with Crippen molar-refractivity contribution in [3.8, 4) is 5.75 Å². The van der Waals surface area contributed by atoms with Gasteiger partial charge in [-0.05, 0) is 26.8 Å². The number of hydrogen-bond donors (Lipinski definition) is 2. The van der Waals surface area contributed by atoms with E-state index < -0.39 is 26.5 Å². The Morgan fingerprint density at radius 2 is 2.03 bits per heavy atom. The second-order valence-corrected chi connectivity index (χ2v) is 11.9. The van der Waals surface area contributed by atoms with Crippen LogP contribution in [0.3, 0.4) is 0 Å². The molecule has 0 radical (unpaired) electrons. The van der Waals surface area contributed by atoms with Gasteiger partial charge in [0.15, 0.2) is 32.9 Å². The fourth-order valence-corrected chi connectivity index (χ4v) is 6.07. The fourth-order valence-electron chi connectivity index (χ4n) is 4.48. The topological polar surface area (TPSA) is 154 Å². The number of aliphatic hydroxyl groups is 1. The predicted octanol–water partition coefficient (Wildman–Crippen LogP) is 1.26. The Morgan fingerprint density at radius 3 is 2.72 bits per heavy atom. The minimum absolute atomic E-state index is 0.00416. The largest absolute Gasteiger partial charge is 0.494 e. The number of benzene rings is 1. The standard InChI is InChI=1S/C22H27FN8O4S/c1-12-16(9-30(27-12)11-22(2,3)32)29-5-6-36(33,34)18(10-29)19-26-20-13-7-14(23)17(35-4)8-15(13)25-21(24)31(20)28-19/h7-9,18,32H,5-6,10-11H2,1-4H3,(H2,24,25). The van der Waals surface area contributed by atoms with Crippen molar-refractivity contribution in [1.29, 1.82) is 0 Å². The highest BCUT2D eigenvalue weighted by Gasteiger charge is 2.38. The Morgan fingerprint density at radius 1 is 1.28 bits per heavy atom. The number of sulfone groups is 1. The van der Waals surface area contributed by atoms with Gasteiger partial charge in [-0.15, -0.1) is 5.10 Å². The predicted molar refractivity (Wildman–Crippen MR) is 131 cm³/mol. The van der Waals surface area contributed by atoms with Crippen LogP contribution in [0.1, 0.15) is 30.6 Å². The second kappa shape index (κ2) is 8.27. The maximum atomic E-state index is 14.4. The van der Waals surface area contributed by atoms with Gasteiger partial charge in [-0.2, -0.15) is 9.61 Å². The normalized spacial score (nSPS) is 18.3. The summed E-state index contributed by atoms with van der Waals surface area (Å²) in [6.45, 7) is 5.88. The first-order chi connectivity index (χ1) is 16.9. The van der Waals surface area contributed by atoms with Gasteiger partial charge in [-0.25, -0.2) is 22.8 Å². The van der Waals surface area contributed by atoms with Crippen molar-refractivity contribution < 1.29 is 22.7 Å². The third kappa shape index (κ3) is 4.19. The van der Waals surface area contributed by atoms with E-state index in [1.165, 1.54) is 23.8 Å². The van der Waals surface area contributed by atoms with Gasteiger partial charge in [-0.1, -0.05) is 0 Å². The van der Waals surface area contributed by atoms with Crippen LogP contribution in [-0.4, -0.2) is 74.4 Å². The number of methoxy groups -OCH3 is 1. The van der Waals surface area contributed by atoms with E-state index in [0.29, 0.717) is 16.6 Å². The molecule has 3 N–H and O–H groups in total. The zero-order valence-corrected chi connectivity index (χ0v) is 21.1. The SMILES string of the molecule is COc1cc2nc(N)n3nc(C4CN(c5cn(CC(C)(C)O)nc5C)CCS4(=O)=O)nc3c2cc1F. The lowest BCUT2D eigenvalue weighted by atomic mass is 10.1. The van der Waals surface area contributed by atoms with Crippen LogP contribution in [0.25, 0.3) is 16.6 Å². The van der Waals surface area contributed by atoms with Crippen molar-refractivity contribution in [2.24, 2.45) is 0 Å². The van der Waals surface area contributed by atoms with Gasteiger partial charge in [0.2, 0.25) is 5.95 Å². The van der Waals surface area contributed by atoms with E-state index in [2.05, 4.69) is 20.2 Å². The molecule has 12 nitrogen and oxygen atoms in total. The maximum Gasteiger partial charge on any atom is 0.223 e. The summed E-state index contributed by atoms with van der Waals surface area (Å²) in [4.78, 5) is 10.7. The van der Waals surface area contributed by atoms with E-state index in [9.17, 15) is 17.9 Å². The molecule has 36 heavy (non-hydrogen) atoms. The van der Waals surface area contributed by atoms with Gasteiger partial charge >= 0.3 is 0 Å². The Kier molecular flexibility index (Phi) is 5.55. The van der Waals surface area contributed by atoms with Crippen molar-refractivity contribution >= 4 is 38.0 Å². The highest BCUT2D eigenvalue weighted by molar-refractivity contribution is 7.91. The molecule has 14 heteroatoms. The molecule has 5 rings (SSSR count). The highest BCUT2D eigenvalue weighted by Crippen LogP contribution is 2.33. The summed E-state index contributed by atoms with van der Waals surface area (Å²) in [5.74, 6) is -0.677. The molecule has 1 aromatic carbocycles. The van der Waals surface area contributed by atoms with Crippen LogP contribution in [-0.2, 0) is 16.4 Å². The number of hydrogen-bond acceptors (Lipinski definition) is 10. The monoisotopic (exact) mass is 518 g/mol. The number of nitrogens with zero attached hydrogens (tertiary/aromatic N) is 7. The molecule has 0 spiro atoms. The first kappa shape index (κ1) is 24.2. The molecule has 0 amide bonds. The average Bonchev–Trinajstić information content (AvgIpc) is 3.37. The number of rotatable bonds is 5. The molecule has 1 atom stereocenters. The summed E-state index contributed by atoms with van der Waals surface area (Å²) < 4.78 is 48.6. The van der Waals surface area contributed by atoms with Crippen LogP contribution in [0.4, 0.5) is 16.0 Å². The second-order valence-electron chi connectivity index (χ2n) is 9.59. The summed E-state index contributed by atoms with van der Waals surface area (Å²) in [5.41, 5.74) is 7.15. The molecule has 0 saturated carbocycles. The summed E-state index contributed by atoms with van der Waals surface area (Å²) >= 11 is 0. The fraction of sp³-hybridized carbons (Fsp3) is 0.455. The molecule has 4 heterocycles. The number of anilines is 2. The lowest BCUT2D eigenvalue weighted by molar-refractivity contribution is 0.0577. The number of ether oxygens (including phenoxy) is 1. The molecule has 0 bridgehead atoms. The average molecular weight is 519 g/mol. The Balaban J connectivity index is 1.55. The zero-order chi connectivity index (χ0) is 26.0. The zero-order valence-electron chi connectivity index (χ0n) is 20.3. The van der Waals surface area contributed by atoms with Crippen molar-refractivity contribution in [2.45, 2.75) is 38.2 Å². The van der Waals surface area contributed by atoms with Crippen molar-refractivity contribution in [1.82, 2.24) is 29.4 Å². The van der Waals surface area contributed by atoms with E-state index in [4.69, 9.17) is 10.5 Å². The minimum atomic E-state index is -3.59. The van der Waals surface area contributed by atoms with Crippen molar-refractivity contribution in [3.63, 3.8) is 0 Å². The maximum absolute atomic E-state index is 14.4. The summed E-state index contributed by atoms with van der Waals surface area (Å²) in [6, 6.07) is 2.62. The summed E-state index contributed by atoms with van der Waals surface area (Å²) in [7, 11) is -2.24. The third-order valence-corrected chi connectivity index (χ3v) is 8.13. The lowest BCUT2D eigenvalue weighted by Gasteiger charge is -2.32. The van der Waals surface area contributed by atoms with E-state index in [0.717, 1.165) is 5.69 Å². The summed E-state index contributed by atoms with van der Waals surface area (Å²) in [5, 5.41) is 18.3. The van der Waals surface area contributed by atoms with Crippen LogP contribution < -0.4 is 15.4 Å². The number of aromatic nitrogens is 6. The minimum Gasteiger partial charge on any atom is -0.494 e. The Hall–Kier alpha value is -3.52. The molecule has 0 aliphatic carbocycles. The summed E-state index contributed by atoms with van der Waals surface area (Å²) in [6.07, 6.45) is 1.80. The molecule has 1 aliphatic heterocycles. The van der Waals surface area contributed by atoms with Crippen LogP contribution >= 0.6 is 0 Å². The highest BCUT2D eigenvalue weighted by atomic mass is 32.2. The van der Waals surface area contributed by atoms with Gasteiger partial charge < -0.3 is 20.5 Å². The van der Waals surface area contributed by atoms with E-state index in [1.54, 1.807) is 24.7 Å². The molecule has 1 aliphatic rings. The first-order valence-electron chi connectivity index (χ1n) is 11.3. The van der Waals surface area contributed by atoms with Crippen LogP contribution in [0, 0.1) is 12.7 Å². The van der Waals surface area contributed by atoms with Crippen LogP contribution in [0.5, 0.6) is 5.75 Å². The number of halogens is 1. The van der Waals surface area contributed by atoms with Gasteiger partial charge in [0, 0.05) is 30.7 Å². The Labute approximate surface area is 206 Å². The third-order valence-electron chi connectivity index (χ3n) is 6.15.